The molecule has 7 nitrogen and oxygen atoms in total. The number of carbonyl (C=O) groups excluding carboxylic acids is 2. The fourth-order valence-corrected chi connectivity index (χ4v) is 9.35. The van der Waals surface area contributed by atoms with Gasteiger partial charge in [-0.2, -0.15) is 0 Å². The summed E-state index contributed by atoms with van der Waals surface area (Å²) in [4.78, 5) is 37.5. The Morgan fingerprint density at radius 1 is 1.12 bits per heavy atom. The molecule has 3 saturated carbocycles. The van der Waals surface area contributed by atoms with Gasteiger partial charge in [0.05, 0.1) is 17.6 Å². The maximum Gasteiger partial charge on any atom is 0.237 e. The average molecular weight is 633 g/mol. The number of methoxy groups -OCH3 is 1. The number of aliphatic hydroxyl groups is 1. The lowest BCUT2D eigenvalue weighted by molar-refractivity contribution is -0.127. The van der Waals surface area contributed by atoms with Crippen molar-refractivity contribution in [3.63, 3.8) is 0 Å². The fourth-order valence-electron chi connectivity index (χ4n) is 9.04. The van der Waals surface area contributed by atoms with Gasteiger partial charge in [0.15, 0.2) is 11.0 Å². The quantitative estimate of drug-likeness (QED) is 0.332. The fraction of sp³-hybridized carbons (Fsp3) is 0.636. The van der Waals surface area contributed by atoms with Crippen molar-refractivity contribution in [3.05, 3.63) is 51.6 Å². The molecule has 0 unspecified atom stereocenters. The molecule has 1 aliphatic heterocycles. The van der Waals surface area contributed by atoms with Crippen LogP contribution >= 0.6 is 23.2 Å². The van der Waals surface area contributed by atoms with E-state index in [0.717, 1.165) is 25.7 Å². The first-order chi connectivity index (χ1) is 20.3. The maximum absolute atomic E-state index is 16.1. The number of ether oxygens (including phenoxy) is 1. The highest BCUT2D eigenvalue weighted by Gasteiger charge is 2.72. The van der Waals surface area contributed by atoms with Crippen molar-refractivity contribution in [1.29, 1.82) is 0 Å². The van der Waals surface area contributed by atoms with Crippen LogP contribution in [-0.4, -0.2) is 46.1 Å². The lowest BCUT2D eigenvalue weighted by Crippen LogP contribution is -2.52. The summed E-state index contributed by atoms with van der Waals surface area (Å²) in [6, 6.07) is 5.09. The molecule has 2 aromatic rings. The van der Waals surface area contributed by atoms with Crippen LogP contribution in [0.2, 0.25) is 10.3 Å². The third-order valence-electron chi connectivity index (χ3n) is 11.3. The molecule has 0 radical (unpaired) electrons. The zero-order valence-corrected chi connectivity index (χ0v) is 26.5. The Labute approximate surface area is 262 Å². The average Bonchev–Trinajstić information content (AvgIpc) is 3.41. The van der Waals surface area contributed by atoms with Gasteiger partial charge in [0.2, 0.25) is 5.91 Å². The van der Waals surface area contributed by atoms with Crippen LogP contribution in [0.4, 0.5) is 10.2 Å². The number of nitrogens with zero attached hydrogens (tertiary/aromatic N) is 2. The highest BCUT2D eigenvalue weighted by Crippen LogP contribution is 2.72. The molecule has 2 N–H and O–H groups in total. The van der Waals surface area contributed by atoms with Gasteiger partial charge >= 0.3 is 0 Å². The first kappa shape index (κ1) is 30.9. The number of aromatic nitrogens is 2. The number of carbonyl (C=O) groups is 2. The molecular weight excluding hydrogens is 592 g/mol. The molecule has 0 saturated heterocycles. The molecule has 10 heteroatoms. The van der Waals surface area contributed by atoms with Crippen LogP contribution < -0.4 is 5.32 Å². The minimum Gasteiger partial charge on any atom is -0.387 e. The van der Waals surface area contributed by atoms with Gasteiger partial charge in [0.25, 0.3) is 0 Å². The monoisotopic (exact) mass is 631 g/mol. The predicted molar refractivity (Wildman–Crippen MR) is 163 cm³/mol. The zero-order valence-electron chi connectivity index (χ0n) is 25.0. The topological polar surface area (TPSA) is 101 Å². The van der Waals surface area contributed by atoms with E-state index in [1.807, 2.05) is 6.07 Å². The summed E-state index contributed by atoms with van der Waals surface area (Å²) in [6.07, 6.45) is 7.99. The second-order valence-electron chi connectivity index (χ2n) is 14.3. The molecule has 232 valence electrons. The summed E-state index contributed by atoms with van der Waals surface area (Å²) >= 11 is 12.5. The van der Waals surface area contributed by atoms with Crippen LogP contribution in [0.1, 0.15) is 95.1 Å². The van der Waals surface area contributed by atoms with E-state index in [-0.39, 0.29) is 45.5 Å². The minimum atomic E-state index is -1.23. The number of Topliss-reactive ketones (excluding diaryl/α,β-unsaturated/α-hetero) is 1. The van der Waals surface area contributed by atoms with E-state index < -0.39 is 34.1 Å². The second-order valence-corrected chi connectivity index (χ2v) is 15.0. The molecule has 2 aromatic heterocycles. The van der Waals surface area contributed by atoms with Crippen LogP contribution in [0.5, 0.6) is 0 Å². The standard InChI is InChI=1S/C33H40Cl2FN3O4/c1-30(2)11-13-31(14-12-30)17-21(23(40)16-19-6-9-32(42,10-7-19)18-43-3)25(20-8-15-37-27(35)26(20)36)33(31)22-4-5-24(34)38-28(22)39-29(33)41/h4-5,8,15,19,21,25,42H,6-7,9-14,16-18H2,1-3H3,(H,38,39,41)/t19?,21-,25-,32?,33+/m0/s1. The van der Waals surface area contributed by atoms with E-state index >= 15 is 4.39 Å². The number of nitrogens with one attached hydrogen (secondary N) is 1. The number of pyridine rings is 2. The molecule has 1 amide bonds. The van der Waals surface area contributed by atoms with E-state index in [1.54, 1.807) is 19.2 Å². The molecular formula is C33H40Cl2FN3O4. The Morgan fingerprint density at radius 2 is 1.81 bits per heavy atom. The third-order valence-corrected chi connectivity index (χ3v) is 11.8. The molecule has 0 aromatic carbocycles. The molecule has 3 aliphatic carbocycles. The van der Waals surface area contributed by atoms with E-state index in [2.05, 4.69) is 29.1 Å². The van der Waals surface area contributed by atoms with Crippen molar-refractivity contribution >= 4 is 40.7 Å². The van der Waals surface area contributed by atoms with E-state index in [1.165, 1.54) is 6.20 Å². The van der Waals surface area contributed by atoms with Gasteiger partial charge in [-0.3, -0.25) is 9.59 Å². The van der Waals surface area contributed by atoms with Crippen molar-refractivity contribution in [3.8, 4) is 0 Å². The van der Waals surface area contributed by atoms with E-state index in [4.69, 9.17) is 27.9 Å². The first-order valence-corrected chi connectivity index (χ1v) is 16.1. The molecule has 3 atom stereocenters. The Bertz CT molecular complexity index is 1430. The number of fused-ring (bicyclic) bond motifs is 3. The lowest BCUT2D eigenvalue weighted by atomic mass is 9.51. The molecule has 2 spiro atoms. The van der Waals surface area contributed by atoms with Crippen LogP contribution in [-0.2, 0) is 19.7 Å². The SMILES string of the molecule is COCC1(O)CCC(CC(=O)[C@@H]2CC3(CCC(C)(C)CC3)[C@@]3(C(=O)Nc4nc(Cl)ccc43)[C@H]2c2ccnc(Cl)c2F)CC1. The number of amides is 1. The summed E-state index contributed by atoms with van der Waals surface area (Å²) in [7, 11) is 1.58. The molecule has 43 heavy (non-hydrogen) atoms. The Balaban J connectivity index is 1.47. The molecule has 4 aliphatic rings. The van der Waals surface area contributed by atoms with Crippen molar-refractivity contribution in [2.75, 3.05) is 19.0 Å². The second kappa shape index (κ2) is 11.0. The highest BCUT2D eigenvalue weighted by molar-refractivity contribution is 6.30. The summed E-state index contributed by atoms with van der Waals surface area (Å²) in [5.41, 5.74) is -1.68. The smallest absolute Gasteiger partial charge is 0.237 e. The number of rotatable bonds is 6. The first-order valence-electron chi connectivity index (χ1n) is 15.4. The normalized spacial score (nSPS) is 32.6. The van der Waals surface area contributed by atoms with Gasteiger partial charge in [-0.1, -0.05) is 43.1 Å². The van der Waals surface area contributed by atoms with Crippen LogP contribution in [0.25, 0.3) is 0 Å². The third kappa shape index (κ3) is 5.01. The van der Waals surface area contributed by atoms with Crippen molar-refractivity contribution < 1.29 is 23.8 Å². The van der Waals surface area contributed by atoms with Gasteiger partial charge in [-0.25, -0.2) is 14.4 Å². The summed E-state index contributed by atoms with van der Waals surface area (Å²) in [5, 5.41) is 13.8. The Hall–Kier alpha value is -2.13. The van der Waals surface area contributed by atoms with E-state index in [9.17, 15) is 14.7 Å². The number of hydrogen-bond donors (Lipinski definition) is 2. The highest BCUT2D eigenvalue weighted by atomic mass is 35.5. The zero-order chi connectivity index (χ0) is 30.8. The summed E-state index contributed by atoms with van der Waals surface area (Å²) < 4.78 is 21.3. The number of ketones is 1. The number of hydrogen-bond acceptors (Lipinski definition) is 6. The van der Waals surface area contributed by atoms with Gasteiger partial charge in [0, 0.05) is 37.1 Å². The number of halogens is 3. The predicted octanol–water partition coefficient (Wildman–Crippen LogP) is 7.03. The van der Waals surface area contributed by atoms with Gasteiger partial charge < -0.3 is 15.2 Å². The minimum absolute atomic E-state index is 0.0313. The van der Waals surface area contributed by atoms with Crippen LogP contribution in [0.3, 0.4) is 0 Å². The van der Waals surface area contributed by atoms with Crippen molar-refractivity contribution in [2.45, 2.75) is 95.0 Å². The van der Waals surface area contributed by atoms with Gasteiger partial charge in [0.1, 0.15) is 16.8 Å². The largest absolute Gasteiger partial charge is 0.387 e. The molecule has 3 heterocycles. The Kier molecular flexibility index (Phi) is 7.93. The van der Waals surface area contributed by atoms with Crippen molar-refractivity contribution in [2.24, 2.45) is 22.7 Å². The molecule has 0 bridgehead atoms. The van der Waals surface area contributed by atoms with Gasteiger partial charge in [-0.15, -0.1) is 0 Å². The lowest BCUT2D eigenvalue weighted by Gasteiger charge is -2.50. The number of anilines is 1. The molecule has 3 fully saturated rings. The van der Waals surface area contributed by atoms with E-state index in [0.29, 0.717) is 49.9 Å². The van der Waals surface area contributed by atoms with Crippen LogP contribution in [0.15, 0.2) is 24.4 Å². The van der Waals surface area contributed by atoms with Crippen LogP contribution in [0, 0.1) is 28.5 Å². The van der Waals surface area contributed by atoms with Gasteiger partial charge in [-0.05, 0) is 92.2 Å². The summed E-state index contributed by atoms with van der Waals surface area (Å²) in [5.74, 6) is -1.84. The molecule has 6 rings (SSSR count). The summed E-state index contributed by atoms with van der Waals surface area (Å²) in [6.45, 7) is 4.75. The maximum atomic E-state index is 16.1. The van der Waals surface area contributed by atoms with Crippen molar-refractivity contribution in [1.82, 2.24) is 9.97 Å². The Morgan fingerprint density at radius 3 is 2.49 bits per heavy atom.